The Kier molecular flexibility index (Phi) is 6.54. The first-order valence-corrected chi connectivity index (χ1v) is 9.76. The van der Waals surface area contributed by atoms with Crippen LogP contribution in [0.2, 0.25) is 18.1 Å². The van der Waals surface area contributed by atoms with E-state index in [2.05, 4.69) is 52.3 Å². The Balaban J connectivity index is 4.45. The summed E-state index contributed by atoms with van der Waals surface area (Å²) in [5.74, 6) is 5.84. The largest absolute Gasteiger partial charge is 0.406 e. The molecule has 0 rings (SSSR count). The molecular weight excluding hydrogens is 252 g/mol. The molecule has 0 aromatic carbocycles. The number of rotatable bonds is 5. The minimum atomic E-state index is -1.74. The van der Waals surface area contributed by atoms with Crippen LogP contribution in [0.5, 0.6) is 0 Å². The standard InChI is InChI=1S/C16H30O2Si/c1-9-12-16(5,6)14(17)11-10-13-18-19(7,8)15(2,3)4/h9,14,17H,1,12-13H2,2-8H3. The van der Waals surface area contributed by atoms with Crippen LogP contribution in [0.4, 0.5) is 0 Å². The van der Waals surface area contributed by atoms with Gasteiger partial charge < -0.3 is 9.53 Å². The summed E-state index contributed by atoms with van der Waals surface area (Å²) in [4.78, 5) is 0. The van der Waals surface area contributed by atoms with E-state index < -0.39 is 14.4 Å². The molecule has 0 spiro atoms. The Labute approximate surface area is 120 Å². The van der Waals surface area contributed by atoms with Gasteiger partial charge in [0.15, 0.2) is 8.32 Å². The third kappa shape index (κ3) is 5.95. The van der Waals surface area contributed by atoms with E-state index >= 15 is 0 Å². The number of aliphatic hydroxyl groups excluding tert-OH is 1. The fraction of sp³-hybridized carbons (Fsp3) is 0.750. The van der Waals surface area contributed by atoms with Gasteiger partial charge in [0.2, 0.25) is 0 Å². The minimum Gasteiger partial charge on any atom is -0.406 e. The van der Waals surface area contributed by atoms with Crippen molar-refractivity contribution in [3.8, 4) is 11.8 Å². The summed E-state index contributed by atoms with van der Waals surface area (Å²) in [7, 11) is -1.74. The van der Waals surface area contributed by atoms with Crippen molar-refractivity contribution in [1.29, 1.82) is 0 Å². The van der Waals surface area contributed by atoms with Gasteiger partial charge in [-0.05, 0) is 24.6 Å². The van der Waals surface area contributed by atoms with Crippen molar-refractivity contribution < 1.29 is 9.53 Å². The van der Waals surface area contributed by atoms with E-state index in [4.69, 9.17) is 4.43 Å². The molecule has 1 N–H and O–H groups in total. The summed E-state index contributed by atoms with van der Waals surface area (Å²) in [5.41, 5.74) is -0.258. The summed E-state index contributed by atoms with van der Waals surface area (Å²) in [6.07, 6.45) is 1.91. The number of hydrogen-bond acceptors (Lipinski definition) is 2. The van der Waals surface area contributed by atoms with Gasteiger partial charge in [-0.2, -0.15) is 0 Å². The van der Waals surface area contributed by atoms with Crippen molar-refractivity contribution in [2.75, 3.05) is 6.61 Å². The van der Waals surface area contributed by atoms with E-state index in [0.717, 1.165) is 6.42 Å². The third-order valence-electron chi connectivity index (χ3n) is 3.96. The Morgan fingerprint density at radius 3 is 2.21 bits per heavy atom. The van der Waals surface area contributed by atoms with Gasteiger partial charge in [0.25, 0.3) is 0 Å². The van der Waals surface area contributed by atoms with E-state index in [1.54, 1.807) is 0 Å². The monoisotopic (exact) mass is 282 g/mol. The SMILES string of the molecule is C=CCC(C)(C)C(O)C#CCO[Si](C)(C)C(C)(C)C. The smallest absolute Gasteiger partial charge is 0.193 e. The zero-order valence-electron chi connectivity index (χ0n) is 13.6. The van der Waals surface area contributed by atoms with Gasteiger partial charge in [-0.25, -0.2) is 0 Å². The van der Waals surface area contributed by atoms with Gasteiger partial charge in [0.1, 0.15) is 6.10 Å². The lowest BCUT2D eigenvalue weighted by Crippen LogP contribution is -2.40. The van der Waals surface area contributed by atoms with Gasteiger partial charge in [-0.3, -0.25) is 0 Å². The van der Waals surface area contributed by atoms with Crippen LogP contribution in [0, 0.1) is 17.3 Å². The van der Waals surface area contributed by atoms with Crippen LogP contribution in [-0.4, -0.2) is 26.1 Å². The van der Waals surface area contributed by atoms with Crippen molar-refractivity contribution in [3.63, 3.8) is 0 Å². The van der Waals surface area contributed by atoms with Crippen LogP contribution in [-0.2, 0) is 4.43 Å². The Hall–Kier alpha value is -0.563. The van der Waals surface area contributed by atoms with E-state index in [-0.39, 0.29) is 10.5 Å². The molecule has 0 aliphatic heterocycles. The number of aliphatic hydroxyl groups is 1. The molecule has 0 saturated heterocycles. The average Bonchev–Trinajstić information content (AvgIpc) is 2.22. The maximum Gasteiger partial charge on any atom is 0.193 e. The second-order valence-electron chi connectivity index (χ2n) is 7.25. The molecule has 3 heteroatoms. The molecule has 0 aromatic heterocycles. The molecule has 110 valence electrons. The van der Waals surface area contributed by atoms with Crippen molar-refractivity contribution in [2.45, 2.75) is 65.3 Å². The first-order valence-electron chi connectivity index (χ1n) is 6.85. The van der Waals surface area contributed by atoms with E-state index in [1.165, 1.54) is 0 Å². The van der Waals surface area contributed by atoms with Gasteiger partial charge in [-0.15, -0.1) is 6.58 Å². The summed E-state index contributed by atoms with van der Waals surface area (Å²) < 4.78 is 5.95. The Bertz CT molecular complexity index is 353. The fourth-order valence-corrected chi connectivity index (χ4v) is 2.12. The molecular formula is C16H30O2Si. The van der Waals surface area contributed by atoms with Crippen LogP contribution in [0.15, 0.2) is 12.7 Å². The van der Waals surface area contributed by atoms with Crippen molar-refractivity contribution >= 4 is 8.32 Å². The maximum atomic E-state index is 10.0. The first kappa shape index (κ1) is 18.4. The molecule has 0 heterocycles. The van der Waals surface area contributed by atoms with Crippen LogP contribution in [0.25, 0.3) is 0 Å². The number of hydrogen-bond donors (Lipinski definition) is 1. The lowest BCUT2D eigenvalue weighted by atomic mass is 9.83. The van der Waals surface area contributed by atoms with Gasteiger partial charge in [0, 0.05) is 5.41 Å². The van der Waals surface area contributed by atoms with Gasteiger partial charge in [0.05, 0.1) is 6.61 Å². The quantitative estimate of drug-likeness (QED) is 0.469. The molecule has 19 heavy (non-hydrogen) atoms. The summed E-state index contributed by atoms with van der Waals surface area (Å²) in [6.45, 7) is 19.1. The van der Waals surface area contributed by atoms with Gasteiger partial charge >= 0.3 is 0 Å². The highest BCUT2D eigenvalue weighted by Gasteiger charge is 2.36. The maximum absolute atomic E-state index is 10.0. The average molecular weight is 282 g/mol. The van der Waals surface area contributed by atoms with Gasteiger partial charge in [-0.1, -0.05) is 52.5 Å². The lowest BCUT2D eigenvalue weighted by Gasteiger charge is -2.35. The number of allylic oxidation sites excluding steroid dienone is 1. The molecule has 0 aromatic rings. The molecule has 0 amide bonds. The second-order valence-corrected chi connectivity index (χ2v) is 12.1. The molecule has 0 radical (unpaired) electrons. The fourth-order valence-electron chi connectivity index (χ4n) is 1.25. The molecule has 1 atom stereocenters. The molecule has 1 unspecified atom stereocenters. The minimum absolute atomic E-state index is 0.190. The topological polar surface area (TPSA) is 29.5 Å². The summed E-state index contributed by atoms with van der Waals surface area (Å²) >= 11 is 0. The Morgan fingerprint density at radius 1 is 1.26 bits per heavy atom. The van der Waals surface area contributed by atoms with Crippen LogP contribution in [0.1, 0.15) is 41.0 Å². The molecule has 0 bridgehead atoms. The van der Waals surface area contributed by atoms with E-state index in [0.29, 0.717) is 6.61 Å². The summed E-state index contributed by atoms with van der Waals surface area (Å²) in [6, 6.07) is 0. The van der Waals surface area contributed by atoms with Crippen LogP contribution in [0.3, 0.4) is 0 Å². The van der Waals surface area contributed by atoms with Crippen LogP contribution >= 0.6 is 0 Å². The van der Waals surface area contributed by atoms with Crippen molar-refractivity contribution in [3.05, 3.63) is 12.7 Å². The normalized spacial score (nSPS) is 14.5. The van der Waals surface area contributed by atoms with E-state index in [9.17, 15) is 5.11 Å². The molecule has 0 fully saturated rings. The van der Waals surface area contributed by atoms with Crippen molar-refractivity contribution in [1.82, 2.24) is 0 Å². The second kappa shape index (κ2) is 6.74. The molecule has 0 saturated carbocycles. The first-order chi connectivity index (χ1) is 8.44. The Morgan fingerprint density at radius 2 is 1.79 bits per heavy atom. The van der Waals surface area contributed by atoms with Crippen molar-refractivity contribution in [2.24, 2.45) is 5.41 Å². The highest BCUT2D eigenvalue weighted by molar-refractivity contribution is 6.74. The highest BCUT2D eigenvalue weighted by Crippen LogP contribution is 2.36. The molecule has 2 nitrogen and oxygen atoms in total. The molecule has 0 aliphatic rings. The molecule has 0 aliphatic carbocycles. The van der Waals surface area contributed by atoms with E-state index in [1.807, 2.05) is 19.9 Å². The third-order valence-corrected chi connectivity index (χ3v) is 8.44. The lowest BCUT2D eigenvalue weighted by molar-refractivity contribution is 0.101. The highest BCUT2D eigenvalue weighted by atomic mass is 28.4. The zero-order valence-corrected chi connectivity index (χ0v) is 14.6. The zero-order chi connectivity index (χ0) is 15.3. The summed E-state index contributed by atoms with van der Waals surface area (Å²) in [5, 5.41) is 10.2. The van der Waals surface area contributed by atoms with Crippen LogP contribution < -0.4 is 0 Å². The predicted molar refractivity (Wildman–Crippen MR) is 85.5 cm³/mol. The predicted octanol–water partition coefficient (Wildman–Crippen LogP) is 3.97.